The van der Waals surface area contributed by atoms with Gasteiger partial charge in [-0.15, -0.1) is 0 Å². The molecule has 2 aliphatic heterocycles. The number of hydrogen-bond acceptors (Lipinski definition) is 4. The highest BCUT2D eigenvalue weighted by atomic mass is 31.2. The number of para-hydroxylation sites is 2. The molecule has 46 heavy (non-hydrogen) atoms. The first-order chi connectivity index (χ1) is 22.5. The van der Waals surface area contributed by atoms with Crippen LogP contribution in [0.2, 0.25) is 0 Å². The molecule has 2 heterocycles. The van der Waals surface area contributed by atoms with E-state index in [1.807, 2.05) is 158 Å². The van der Waals surface area contributed by atoms with Crippen LogP contribution < -0.4 is 19.7 Å². The molecular formula is C40H28O4P2. The highest BCUT2D eigenvalue weighted by Crippen LogP contribution is 2.57. The average molecular weight is 635 g/mol. The van der Waals surface area contributed by atoms with Crippen LogP contribution in [0.4, 0.5) is 0 Å². The van der Waals surface area contributed by atoms with Crippen molar-refractivity contribution in [1.29, 1.82) is 0 Å². The lowest BCUT2D eigenvalue weighted by molar-refractivity contribution is 0.500. The van der Waals surface area contributed by atoms with Gasteiger partial charge in [-0.1, -0.05) is 121 Å². The summed E-state index contributed by atoms with van der Waals surface area (Å²) in [5.41, 5.74) is 7.77. The third kappa shape index (κ3) is 5.07. The molecule has 0 N–H and O–H groups in total. The summed E-state index contributed by atoms with van der Waals surface area (Å²) >= 11 is 0. The Kier molecular flexibility index (Phi) is 6.99. The predicted molar refractivity (Wildman–Crippen MR) is 189 cm³/mol. The molecule has 0 saturated heterocycles. The van der Waals surface area contributed by atoms with Crippen molar-refractivity contribution in [3.63, 3.8) is 0 Å². The van der Waals surface area contributed by atoms with Crippen molar-refractivity contribution in [1.82, 2.24) is 0 Å². The summed E-state index contributed by atoms with van der Waals surface area (Å²) in [5.74, 6) is 4.68. The molecule has 2 aliphatic rings. The number of fused-ring (bicyclic) bond motifs is 6. The van der Waals surface area contributed by atoms with E-state index in [1.165, 1.54) is 0 Å². The lowest BCUT2D eigenvalue weighted by Gasteiger charge is -2.26. The second-order valence-electron chi connectivity index (χ2n) is 11.3. The van der Waals surface area contributed by atoms with Crippen LogP contribution in [-0.2, 0) is 9.13 Å². The Morgan fingerprint density at radius 3 is 1.15 bits per heavy atom. The largest absolute Gasteiger partial charge is 0.437 e. The van der Waals surface area contributed by atoms with Gasteiger partial charge >= 0.3 is 0 Å². The van der Waals surface area contributed by atoms with E-state index in [-0.39, 0.29) is 0 Å². The lowest BCUT2D eigenvalue weighted by atomic mass is 10.0. The van der Waals surface area contributed by atoms with Crippen molar-refractivity contribution in [3.8, 4) is 44.9 Å². The van der Waals surface area contributed by atoms with E-state index < -0.39 is 14.7 Å². The smallest absolute Gasteiger partial charge is 0.300 e. The van der Waals surface area contributed by atoms with Crippen molar-refractivity contribution in [3.05, 3.63) is 168 Å². The zero-order valence-corrected chi connectivity index (χ0v) is 26.5. The van der Waals surface area contributed by atoms with Crippen LogP contribution in [-0.4, -0.2) is 0 Å². The molecule has 0 saturated carbocycles. The summed E-state index contributed by atoms with van der Waals surface area (Å²) in [4.78, 5) is 0. The van der Waals surface area contributed by atoms with E-state index in [4.69, 9.17) is 9.05 Å². The van der Waals surface area contributed by atoms with E-state index in [0.717, 1.165) is 44.5 Å². The highest BCUT2D eigenvalue weighted by Gasteiger charge is 2.34. The summed E-state index contributed by atoms with van der Waals surface area (Å²) in [5, 5.41) is 1.43. The highest BCUT2D eigenvalue weighted by molar-refractivity contribution is 7.71. The van der Waals surface area contributed by atoms with E-state index in [0.29, 0.717) is 22.1 Å². The maximum Gasteiger partial charge on any atom is 0.300 e. The summed E-state index contributed by atoms with van der Waals surface area (Å²) in [6, 6.07) is 47.2. The molecule has 6 aromatic rings. The van der Waals surface area contributed by atoms with Crippen molar-refractivity contribution >= 4 is 37.5 Å². The van der Waals surface area contributed by atoms with E-state index in [1.54, 1.807) is 11.6 Å². The molecule has 4 nitrogen and oxygen atoms in total. The Balaban J connectivity index is 1.00. The minimum absolute atomic E-state index is 0.636. The summed E-state index contributed by atoms with van der Waals surface area (Å²) in [7, 11) is -6.50. The third-order valence-electron chi connectivity index (χ3n) is 8.38. The van der Waals surface area contributed by atoms with Gasteiger partial charge in [-0.05, 0) is 69.8 Å². The van der Waals surface area contributed by atoms with E-state index in [2.05, 4.69) is 0 Å². The molecule has 0 fully saturated rings. The Hall–Kier alpha value is -5.14. The summed E-state index contributed by atoms with van der Waals surface area (Å²) < 4.78 is 40.3. The van der Waals surface area contributed by atoms with Crippen LogP contribution in [0.3, 0.4) is 0 Å². The zero-order valence-electron chi connectivity index (χ0n) is 24.7. The predicted octanol–water partition coefficient (Wildman–Crippen LogP) is 10.6. The molecule has 0 bridgehead atoms. The quantitative estimate of drug-likeness (QED) is 0.177. The Morgan fingerprint density at radius 1 is 0.391 bits per heavy atom. The van der Waals surface area contributed by atoms with Crippen LogP contribution in [0.1, 0.15) is 11.1 Å². The zero-order chi connectivity index (χ0) is 31.1. The first kappa shape index (κ1) is 28.3. The van der Waals surface area contributed by atoms with Crippen molar-refractivity contribution in [2.45, 2.75) is 0 Å². The molecule has 0 aliphatic carbocycles. The van der Waals surface area contributed by atoms with Crippen LogP contribution >= 0.6 is 14.7 Å². The van der Waals surface area contributed by atoms with Crippen molar-refractivity contribution in [2.75, 3.05) is 0 Å². The fourth-order valence-electron chi connectivity index (χ4n) is 6.04. The molecule has 222 valence electrons. The average Bonchev–Trinajstić information content (AvgIpc) is 3.11. The molecule has 0 aromatic heterocycles. The molecule has 2 atom stereocenters. The number of benzene rings is 6. The number of hydrogen-bond donors (Lipinski definition) is 0. The normalized spacial score (nSPS) is 19.4. The van der Waals surface area contributed by atoms with Crippen LogP contribution in [0.25, 0.3) is 45.5 Å². The van der Waals surface area contributed by atoms with E-state index in [9.17, 15) is 9.13 Å². The van der Waals surface area contributed by atoms with Crippen LogP contribution in [0, 0.1) is 0 Å². The standard InChI is InChI=1S/C40H28O4P2/c41-45(39-15-7-3-11-35(39)33-9-1-5-13-37(33)43-45)27-25-29-17-21-31(22-18-29)32-23-19-30(20-24-32)26-28-46(42)40-16-8-4-12-36(40)34-10-2-6-14-38(34)44-46/h1-28H/b27-25+,28-26+. The SMILES string of the molecule is O=P1(/C=C/c2ccc(-c3ccc(/C=C/P4(=O)Oc5ccccc5-c5ccccc54)cc3)cc2)Oc2ccccc2-c2ccccc21. The van der Waals surface area contributed by atoms with Gasteiger partial charge in [0.2, 0.25) is 0 Å². The fraction of sp³-hybridized carbons (Fsp3) is 0. The molecular weight excluding hydrogens is 606 g/mol. The number of rotatable bonds is 5. The minimum Gasteiger partial charge on any atom is -0.437 e. The third-order valence-corrected chi connectivity index (χ3v) is 12.5. The van der Waals surface area contributed by atoms with Gasteiger partial charge in [-0.25, -0.2) is 0 Å². The first-order valence-corrected chi connectivity index (χ1v) is 18.4. The molecule has 6 aromatic carbocycles. The fourth-order valence-corrected chi connectivity index (χ4v) is 9.97. The second-order valence-corrected chi connectivity index (χ2v) is 15.6. The van der Waals surface area contributed by atoms with Gasteiger partial charge in [-0.3, -0.25) is 9.13 Å². The van der Waals surface area contributed by atoms with Gasteiger partial charge in [0.1, 0.15) is 11.5 Å². The van der Waals surface area contributed by atoms with Gasteiger partial charge < -0.3 is 9.05 Å². The molecule has 2 unspecified atom stereocenters. The van der Waals surface area contributed by atoms with Gasteiger partial charge in [0, 0.05) is 22.8 Å². The van der Waals surface area contributed by atoms with Gasteiger partial charge in [0.05, 0.1) is 10.6 Å². The first-order valence-electron chi connectivity index (χ1n) is 15.0. The Labute approximate surface area is 268 Å². The van der Waals surface area contributed by atoms with Gasteiger partial charge in [0.25, 0.3) is 14.7 Å². The minimum atomic E-state index is -3.25. The molecule has 0 amide bonds. The van der Waals surface area contributed by atoms with Gasteiger partial charge in [0.15, 0.2) is 0 Å². The Morgan fingerprint density at radius 2 is 0.739 bits per heavy atom. The van der Waals surface area contributed by atoms with Crippen LogP contribution in [0.5, 0.6) is 11.5 Å². The maximum atomic E-state index is 14.1. The molecule has 6 heteroatoms. The Bertz CT molecular complexity index is 2100. The summed E-state index contributed by atoms with van der Waals surface area (Å²) in [6.45, 7) is 0. The van der Waals surface area contributed by atoms with Gasteiger partial charge in [-0.2, -0.15) is 0 Å². The molecule has 0 radical (unpaired) electrons. The summed E-state index contributed by atoms with van der Waals surface area (Å²) in [6.07, 6.45) is 3.74. The van der Waals surface area contributed by atoms with Crippen molar-refractivity contribution in [2.24, 2.45) is 0 Å². The molecule has 8 rings (SSSR count). The maximum absolute atomic E-state index is 14.1. The van der Waals surface area contributed by atoms with E-state index >= 15 is 0 Å². The van der Waals surface area contributed by atoms with Crippen molar-refractivity contribution < 1.29 is 18.2 Å². The monoisotopic (exact) mass is 634 g/mol. The second kappa shape index (κ2) is 11.3. The molecule has 0 spiro atoms. The lowest BCUT2D eigenvalue weighted by Crippen LogP contribution is -2.16. The van der Waals surface area contributed by atoms with Crippen LogP contribution in [0.15, 0.2) is 157 Å². The topological polar surface area (TPSA) is 52.6 Å².